The highest BCUT2D eigenvalue weighted by atomic mass is 79.9. The van der Waals surface area contributed by atoms with Gasteiger partial charge in [-0.25, -0.2) is 0 Å². The van der Waals surface area contributed by atoms with Gasteiger partial charge < -0.3 is 17.0 Å². The maximum absolute atomic E-state index is 11.2. The summed E-state index contributed by atoms with van der Waals surface area (Å²) in [5.41, 5.74) is -1.49. The Labute approximate surface area is 143 Å². The maximum atomic E-state index is 11.2. The number of hydrogen-bond acceptors (Lipinski definition) is 7. The van der Waals surface area contributed by atoms with Gasteiger partial charge in [-0.1, -0.05) is 0 Å². The molecule has 1 rings (SSSR count). The zero-order valence-corrected chi connectivity index (χ0v) is 15.4. The molecule has 0 spiro atoms. The molecule has 22 heavy (non-hydrogen) atoms. The lowest BCUT2D eigenvalue weighted by atomic mass is 10.3. The third-order valence-corrected chi connectivity index (χ3v) is 5.76. The Morgan fingerprint density at radius 2 is 1.32 bits per heavy atom. The lowest BCUT2D eigenvalue weighted by Gasteiger charge is -2.06. The Bertz CT molecular complexity index is 975. The topological polar surface area (TPSA) is 191 Å². The van der Waals surface area contributed by atoms with Crippen LogP contribution in [0.1, 0.15) is 0 Å². The summed E-state index contributed by atoms with van der Waals surface area (Å²) in [4.78, 5) is -2.27. The van der Waals surface area contributed by atoms with E-state index in [9.17, 15) is 25.3 Å². The molecule has 0 fully saturated rings. The predicted molar refractivity (Wildman–Crippen MR) is 68.3 cm³/mol. The minimum Gasteiger partial charge on any atom is -1.00 e. The Hall–Kier alpha value is -0.670. The summed E-state index contributed by atoms with van der Waals surface area (Å²) in [5, 5.41) is 8.69. The zero-order valence-electron chi connectivity index (χ0n) is 9.74. The molecule has 0 radical (unpaired) electrons. The minimum atomic E-state index is -5.46. The van der Waals surface area contributed by atoms with Gasteiger partial charge in [0.25, 0.3) is 10.1 Å². The molecule has 1 aromatic carbocycles. The van der Waals surface area contributed by atoms with E-state index in [0.717, 1.165) is 0 Å². The van der Waals surface area contributed by atoms with Crippen molar-refractivity contribution >= 4 is 52.0 Å². The third-order valence-electron chi connectivity index (χ3n) is 2.02. The first-order valence-electron chi connectivity index (χ1n) is 4.35. The average Bonchev–Trinajstić information content (AvgIpc) is 2.23. The lowest BCUT2D eigenvalue weighted by molar-refractivity contribution is -0.0000167. The summed E-state index contributed by atoms with van der Waals surface area (Å²) in [6.45, 7) is 0. The van der Waals surface area contributed by atoms with E-state index in [1.165, 1.54) is 0 Å². The van der Waals surface area contributed by atoms with Crippen molar-refractivity contribution in [2.45, 2.75) is 14.7 Å². The lowest BCUT2D eigenvalue weighted by Crippen LogP contribution is -3.00. The first-order valence-corrected chi connectivity index (χ1v) is 9.46. The van der Waals surface area contributed by atoms with E-state index in [2.05, 4.69) is 20.9 Å². The smallest absolute Gasteiger partial charge is 0.428 e. The van der Waals surface area contributed by atoms with Crippen molar-refractivity contribution in [1.29, 1.82) is 5.39 Å². The molecule has 3 N–H and O–H groups in total. The fraction of sp³-hybridized carbons (Fsp3) is 0. The van der Waals surface area contributed by atoms with Crippen molar-refractivity contribution < 1.29 is 55.9 Å². The highest BCUT2D eigenvalue weighted by molar-refractivity contribution is 9.10. The van der Waals surface area contributed by atoms with Crippen LogP contribution in [0.15, 0.2) is 25.2 Å². The Morgan fingerprint density at radius 1 is 0.909 bits per heavy atom. The van der Waals surface area contributed by atoms with Crippen molar-refractivity contribution in [3.63, 3.8) is 0 Å². The molecule has 0 heterocycles. The SMILES string of the molecule is N#[N+]c1c(S(=O)(=O)O)cc(Br)c(S(=O)(=O)O)c1S(=O)(=O)O.[Br-]. The molecule has 0 aliphatic heterocycles. The molecule has 0 atom stereocenters. The van der Waals surface area contributed by atoms with Crippen LogP contribution < -0.4 is 17.0 Å². The van der Waals surface area contributed by atoms with Crippen molar-refractivity contribution in [3.05, 3.63) is 15.5 Å². The average molecular weight is 504 g/mol. The molecule has 0 aromatic heterocycles. The quantitative estimate of drug-likeness (QED) is 0.298. The van der Waals surface area contributed by atoms with E-state index in [0.29, 0.717) is 6.07 Å². The van der Waals surface area contributed by atoms with Gasteiger partial charge in [0.05, 0.1) is 0 Å². The first-order chi connectivity index (χ1) is 9.21. The van der Waals surface area contributed by atoms with Crippen LogP contribution in [0.2, 0.25) is 0 Å². The molecule has 0 saturated heterocycles. The van der Waals surface area contributed by atoms with Gasteiger partial charge in [0, 0.05) is 4.47 Å². The van der Waals surface area contributed by atoms with Gasteiger partial charge in [0.2, 0.25) is 10.3 Å². The van der Waals surface area contributed by atoms with Gasteiger partial charge in [-0.05, 0) is 22.0 Å². The minimum absolute atomic E-state index is 0. The molecule has 0 aliphatic carbocycles. The van der Waals surface area contributed by atoms with E-state index in [1.807, 2.05) is 0 Å². The molecular formula is C6H4Br2N2O9S3. The summed E-state index contributed by atoms with van der Waals surface area (Å²) < 4.78 is 93.0. The van der Waals surface area contributed by atoms with Gasteiger partial charge >= 0.3 is 25.9 Å². The number of benzene rings is 1. The number of halogens is 2. The van der Waals surface area contributed by atoms with Gasteiger partial charge in [0.1, 0.15) is 4.90 Å². The molecule has 0 aliphatic rings. The van der Waals surface area contributed by atoms with Gasteiger partial charge in [0.15, 0.2) is 9.87 Å². The Morgan fingerprint density at radius 3 is 1.59 bits per heavy atom. The maximum Gasteiger partial charge on any atom is 0.428 e. The van der Waals surface area contributed by atoms with E-state index >= 15 is 0 Å². The molecule has 124 valence electrons. The molecule has 0 bridgehead atoms. The van der Waals surface area contributed by atoms with Crippen LogP contribution in [0.25, 0.3) is 4.98 Å². The van der Waals surface area contributed by atoms with Crippen LogP contribution in [-0.4, -0.2) is 38.9 Å². The summed E-state index contributed by atoms with van der Waals surface area (Å²) in [5.74, 6) is 0. The monoisotopic (exact) mass is 502 g/mol. The Kier molecular flexibility index (Phi) is 6.25. The second-order valence-corrected chi connectivity index (χ2v) is 8.35. The summed E-state index contributed by atoms with van der Waals surface area (Å²) in [7, 11) is -15.9. The highest BCUT2D eigenvalue weighted by Gasteiger charge is 2.42. The number of rotatable bonds is 3. The number of diazo groups is 1. The van der Waals surface area contributed by atoms with Gasteiger partial charge in [-0.2, -0.15) is 25.3 Å². The normalized spacial score (nSPS) is 12.3. The predicted octanol–water partition coefficient (Wildman–Crippen LogP) is -2.32. The van der Waals surface area contributed by atoms with Crippen LogP contribution in [0.5, 0.6) is 0 Å². The number of nitrogens with zero attached hydrogens (tertiary/aromatic N) is 2. The van der Waals surface area contributed by atoms with Crippen molar-refractivity contribution in [3.8, 4) is 0 Å². The summed E-state index contributed by atoms with van der Waals surface area (Å²) >= 11 is 2.47. The largest absolute Gasteiger partial charge is 1.00 e. The standard InChI is InChI=1S/C6H3BrN2O9S3.BrH/c7-2-1-3(19(10,11)12)4(9-8)6(21(16,17)18)5(2)20(13,14)15;/h1H,(H2-,10,11,12,13,14,15,16,17,18);1H. The zero-order chi connectivity index (χ0) is 16.8. The van der Waals surface area contributed by atoms with Gasteiger partial charge in [-0.15, -0.1) is 0 Å². The van der Waals surface area contributed by atoms with Crippen LogP contribution in [-0.2, 0) is 30.4 Å². The van der Waals surface area contributed by atoms with E-state index in [-0.39, 0.29) is 17.0 Å². The highest BCUT2D eigenvalue weighted by Crippen LogP contribution is 2.41. The molecule has 16 heteroatoms. The first kappa shape index (κ1) is 21.3. The number of hydrogen-bond donors (Lipinski definition) is 3. The summed E-state index contributed by atoms with van der Waals surface area (Å²) in [6.07, 6.45) is 0. The summed E-state index contributed by atoms with van der Waals surface area (Å²) in [6, 6.07) is 0.363. The third kappa shape index (κ3) is 4.20. The fourth-order valence-corrected chi connectivity index (χ4v) is 5.40. The second kappa shape index (κ2) is 6.45. The fourth-order valence-electron chi connectivity index (χ4n) is 1.35. The van der Waals surface area contributed by atoms with Crippen molar-refractivity contribution in [2.24, 2.45) is 0 Å². The molecule has 0 saturated carbocycles. The van der Waals surface area contributed by atoms with Gasteiger partial charge in [-0.3, -0.25) is 13.7 Å². The van der Waals surface area contributed by atoms with E-state index in [4.69, 9.17) is 19.1 Å². The van der Waals surface area contributed by atoms with Crippen LogP contribution in [0.4, 0.5) is 5.69 Å². The van der Waals surface area contributed by atoms with Crippen LogP contribution in [0, 0.1) is 5.39 Å². The molecule has 0 amide bonds. The van der Waals surface area contributed by atoms with E-state index in [1.54, 1.807) is 0 Å². The van der Waals surface area contributed by atoms with Crippen LogP contribution in [0.3, 0.4) is 0 Å². The van der Waals surface area contributed by atoms with Crippen LogP contribution >= 0.6 is 15.9 Å². The van der Waals surface area contributed by atoms with Crippen molar-refractivity contribution in [2.75, 3.05) is 0 Å². The Balaban J connectivity index is 0.00000441. The molecule has 1 aromatic rings. The molecular weight excluding hydrogens is 500 g/mol. The second-order valence-electron chi connectivity index (χ2n) is 3.39. The molecule has 11 nitrogen and oxygen atoms in total. The molecule has 0 unspecified atom stereocenters. The van der Waals surface area contributed by atoms with E-state index < -0.39 is 55.2 Å². The van der Waals surface area contributed by atoms with Crippen molar-refractivity contribution in [1.82, 2.24) is 0 Å².